The molecule has 0 aliphatic carbocycles. The summed E-state index contributed by atoms with van der Waals surface area (Å²) in [5.41, 5.74) is 1.11. The van der Waals surface area contributed by atoms with Gasteiger partial charge in [0.2, 0.25) is 6.41 Å². The van der Waals surface area contributed by atoms with Crippen LogP contribution in [0, 0.1) is 0 Å². The van der Waals surface area contributed by atoms with Gasteiger partial charge in [-0.3, -0.25) is 14.4 Å². The lowest BCUT2D eigenvalue weighted by atomic mass is 10.3. The van der Waals surface area contributed by atoms with E-state index in [0.717, 1.165) is 5.06 Å². The lowest BCUT2D eigenvalue weighted by molar-refractivity contribution is -0.123. The fourth-order valence-electron chi connectivity index (χ4n) is 1.63. The molecule has 2 aromatic rings. The highest BCUT2D eigenvalue weighted by Gasteiger charge is 2.10. The van der Waals surface area contributed by atoms with Crippen LogP contribution in [0.5, 0.6) is 0 Å². The average Bonchev–Trinajstić information content (AvgIpc) is 2.49. The Kier molecular flexibility index (Phi) is 5.31. The number of hydrogen-bond acceptors (Lipinski definition) is 3. The average molecular weight is 305 g/mol. The van der Waals surface area contributed by atoms with Crippen LogP contribution < -0.4 is 10.4 Å². The van der Waals surface area contributed by atoms with Gasteiger partial charge >= 0.3 is 0 Å². The second-order valence-electron chi connectivity index (χ2n) is 4.10. The molecule has 5 nitrogen and oxygen atoms in total. The van der Waals surface area contributed by atoms with Crippen molar-refractivity contribution in [1.29, 1.82) is 0 Å². The number of halogens is 1. The molecule has 0 saturated heterocycles. The molecule has 0 saturated carbocycles. The summed E-state index contributed by atoms with van der Waals surface area (Å²) >= 11 is 5.84. The van der Waals surface area contributed by atoms with Crippen LogP contribution in [0.3, 0.4) is 0 Å². The molecule has 2 amide bonds. The summed E-state index contributed by atoms with van der Waals surface area (Å²) in [5.74, 6) is -0.366. The maximum Gasteiger partial charge on any atom is 0.253 e. The minimum absolute atomic E-state index is 0.292. The number of rotatable bonds is 6. The summed E-state index contributed by atoms with van der Waals surface area (Å²) < 4.78 is 0. The fourth-order valence-corrected chi connectivity index (χ4v) is 1.81. The van der Waals surface area contributed by atoms with Crippen molar-refractivity contribution >= 4 is 35.3 Å². The highest BCUT2D eigenvalue weighted by Crippen LogP contribution is 2.18. The Morgan fingerprint density at radius 3 is 2.62 bits per heavy atom. The molecule has 0 heterocycles. The number of amides is 2. The summed E-state index contributed by atoms with van der Waals surface area (Å²) in [4.78, 5) is 27.9. The molecule has 108 valence electrons. The summed E-state index contributed by atoms with van der Waals surface area (Å²) in [5, 5.41) is 4.08. The largest absolute Gasteiger partial charge is 0.324 e. The van der Waals surface area contributed by atoms with Crippen LogP contribution >= 0.6 is 11.6 Å². The number of hydrogen-bond donors (Lipinski definition) is 1. The zero-order valence-corrected chi connectivity index (χ0v) is 11.8. The van der Waals surface area contributed by atoms with Crippen LogP contribution in [-0.2, 0) is 14.4 Å². The topological polar surface area (TPSA) is 58.6 Å². The number of carbonyl (C=O) groups excluding carboxylic acids is 2. The number of carbonyl (C=O) groups is 2. The van der Waals surface area contributed by atoms with E-state index in [0.29, 0.717) is 22.8 Å². The van der Waals surface area contributed by atoms with Crippen molar-refractivity contribution in [3.8, 4) is 0 Å². The van der Waals surface area contributed by atoms with Crippen molar-refractivity contribution in [3.63, 3.8) is 0 Å². The standard InChI is InChI=1S/C15H13ClN2O3/c16-12-5-4-8-14(9-12)18(11-19)21-10-15(20)17-13-6-2-1-3-7-13/h1-9,11H,10H2,(H,17,20). The van der Waals surface area contributed by atoms with E-state index in [9.17, 15) is 9.59 Å². The molecule has 6 heteroatoms. The molecule has 0 fully saturated rings. The Bertz CT molecular complexity index is 619. The Morgan fingerprint density at radius 1 is 1.19 bits per heavy atom. The van der Waals surface area contributed by atoms with E-state index < -0.39 is 0 Å². The van der Waals surface area contributed by atoms with Gasteiger partial charge in [0, 0.05) is 10.7 Å². The molecule has 0 aliphatic heterocycles. The Labute approximate surface area is 127 Å². The summed E-state index contributed by atoms with van der Waals surface area (Å²) in [6.07, 6.45) is 0.474. The van der Waals surface area contributed by atoms with Crippen molar-refractivity contribution in [2.45, 2.75) is 0 Å². The SMILES string of the molecule is O=CN(OCC(=O)Nc1ccccc1)c1cccc(Cl)c1. The van der Waals surface area contributed by atoms with Crippen LogP contribution in [0.2, 0.25) is 5.02 Å². The molecule has 0 unspecified atom stereocenters. The van der Waals surface area contributed by atoms with Gasteiger partial charge in [-0.25, -0.2) is 0 Å². The van der Waals surface area contributed by atoms with Gasteiger partial charge in [0.25, 0.3) is 5.91 Å². The van der Waals surface area contributed by atoms with Gasteiger partial charge in [-0.05, 0) is 30.3 Å². The van der Waals surface area contributed by atoms with Crippen LogP contribution in [0.15, 0.2) is 54.6 Å². The molecule has 2 aromatic carbocycles. The second-order valence-corrected chi connectivity index (χ2v) is 4.54. The fraction of sp³-hybridized carbons (Fsp3) is 0.0667. The van der Waals surface area contributed by atoms with E-state index in [1.165, 1.54) is 0 Å². The highest BCUT2D eigenvalue weighted by atomic mass is 35.5. The maximum atomic E-state index is 11.7. The van der Waals surface area contributed by atoms with Crippen molar-refractivity contribution in [2.75, 3.05) is 17.0 Å². The second kappa shape index (κ2) is 7.42. The van der Waals surface area contributed by atoms with E-state index >= 15 is 0 Å². The first-order chi connectivity index (χ1) is 10.2. The third kappa shape index (κ3) is 4.59. The van der Waals surface area contributed by atoms with Crippen molar-refractivity contribution in [2.24, 2.45) is 0 Å². The number of nitrogens with zero attached hydrogens (tertiary/aromatic N) is 1. The van der Waals surface area contributed by atoms with Gasteiger partial charge in [0.15, 0.2) is 6.61 Å². The number of anilines is 2. The molecule has 21 heavy (non-hydrogen) atoms. The number of para-hydroxylation sites is 1. The van der Waals surface area contributed by atoms with E-state index in [1.807, 2.05) is 6.07 Å². The first kappa shape index (κ1) is 15.0. The quantitative estimate of drug-likeness (QED) is 0.659. The molecule has 0 aromatic heterocycles. The molecule has 0 radical (unpaired) electrons. The maximum absolute atomic E-state index is 11.7. The molecule has 0 spiro atoms. The predicted molar refractivity (Wildman–Crippen MR) is 81.0 cm³/mol. The Morgan fingerprint density at radius 2 is 1.95 bits per heavy atom. The van der Waals surface area contributed by atoms with Gasteiger partial charge in [-0.2, -0.15) is 5.06 Å². The number of benzene rings is 2. The lowest BCUT2D eigenvalue weighted by Crippen LogP contribution is -2.28. The van der Waals surface area contributed by atoms with Crippen LogP contribution in [0.25, 0.3) is 0 Å². The Hall–Kier alpha value is -2.37. The van der Waals surface area contributed by atoms with Gasteiger partial charge < -0.3 is 5.32 Å². The van der Waals surface area contributed by atoms with Gasteiger partial charge in [-0.1, -0.05) is 35.9 Å². The van der Waals surface area contributed by atoms with Crippen molar-refractivity contribution < 1.29 is 14.4 Å². The summed E-state index contributed by atoms with van der Waals surface area (Å²) in [6, 6.07) is 15.5. The van der Waals surface area contributed by atoms with Gasteiger partial charge in [0.1, 0.15) is 0 Å². The first-order valence-electron chi connectivity index (χ1n) is 6.17. The minimum atomic E-state index is -0.366. The number of nitrogens with one attached hydrogen (secondary N) is 1. The zero-order chi connectivity index (χ0) is 15.1. The van der Waals surface area contributed by atoms with Gasteiger partial charge in [-0.15, -0.1) is 0 Å². The predicted octanol–water partition coefficient (Wildman–Crippen LogP) is 2.87. The monoisotopic (exact) mass is 304 g/mol. The molecule has 2 rings (SSSR count). The van der Waals surface area contributed by atoms with E-state index in [-0.39, 0.29) is 12.5 Å². The Balaban J connectivity index is 1.91. The lowest BCUT2D eigenvalue weighted by Gasteiger charge is -2.16. The van der Waals surface area contributed by atoms with E-state index in [4.69, 9.17) is 16.4 Å². The summed E-state index contributed by atoms with van der Waals surface area (Å²) in [6.45, 7) is -0.292. The normalized spacial score (nSPS) is 9.95. The van der Waals surface area contributed by atoms with Crippen LogP contribution in [0.4, 0.5) is 11.4 Å². The first-order valence-corrected chi connectivity index (χ1v) is 6.55. The van der Waals surface area contributed by atoms with E-state index in [1.54, 1.807) is 48.5 Å². The van der Waals surface area contributed by atoms with E-state index in [2.05, 4.69) is 5.32 Å². The van der Waals surface area contributed by atoms with Crippen LogP contribution in [-0.4, -0.2) is 18.9 Å². The molecule has 0 aliphatic rings. The smallest absolute Gasteiger partial charge is 0.253 e. The number of hydroxylamine groups is 1. The molecule has 0 bridgehead atoms. The van der Waals surface area contributed by atoms with Crippen molar-refractivity contribution in [1.82, 2.24) is 0 Å². The highest BCUT2D eigenvalue weighted by molar-refractivity contribution is 6.30. The molecule has 0 atom stereocenters. The minimum Gasteiger partial charge on any atom is -0.324 e. The van der Waals surface area contributed by atoms with Crippen LogP contribution in [0.1, 0.15) is 0 Å². The van der Waals surface area contributed by atoms with Crippen molar-refractivity contribution in [3.05, 3.63) is 59.6 Å². The summed E-state index contributed by atoms with van der Waals surface area (Å²) in [7, 11) is 0. The molecular formula is C15H13ClN2O3. The molecule has 1 N–H and O–H groups in total. The molecular weight excluding hydrogens is 292 g/mol. The third-order valence-electron chi connectivity index (χ3n) is 2.55. The zero-order valence-electron chi connectivity index (χ0n) is 11.0. The van der Waals surface area contributed by atoms with Gasteiger partial charge in [0.05, 0.1) is 5.69 Å². The third-order valence-corrected chi connectivity index (χ3v) is 2.79.